The minimum atomic E-state index is -3.18. The van der Waals surface area contributed by atoms with Crippen molar-refractivity contribution in [2.45, 2.75) is 12.0 Å². The molecule has 1 aliphatic rings. The van der Waals surface area contributed by atoms with Crippen molar-refractivity contribution >= 4 is 27.6 Å². The van der Waals surface area contributed by atoms with Gasteiger partial charge >= 0.3 is 12.0 Å². The average molecular weight is 313 g/mol. The number of ether oxygens (including phenoxy) is 1. The first-order valence-corrected chi connectivity index (χ1v) is 7.28. The summed E-state index contributed by atoms with van der Waals surface area (Å²) in [5.41, 5.74) is 0.431. The van der Waals surface area contributed by atoms with Crippen LogP contribution in [0.5, 0.6) is 0 Å². The molecule has 116 valence electrons. The molecule has 3 aromatic rings. The van der Waals surface area contributed by atoms with E-state index >= 15 is 0 Å². The maximum Gasteiger partial charge on any atom is 0.408 e. The molecule has 4 rings (SSSR count). The second kappa shape index (κ2) is 4.91. The van der Waals surface area contributed by atoms with Crippen molar-refractivity contribution in [3.05, 3.63) is 60.2 Å². The summed E-state index contributed by atoms with van der Waals surface area (Å²) >= 11 is 0. The number of benzene rings is 3. The van der Waals surface area contributed by atoms with Gasteiger partial charge in [0.2, 0.25) is 0 Å². The Morgan fingerprint density at radius 2 is 1.57 bits per heavy atom. The SMILES string of the molecule is O=C1N[C@H](c2c3ccccc3cc3ccccc23)C(F)(F)CO1. The Balaban J connectivity index is 2.08. The maximum atomic E-state index is 14.4. The Bertz CT molecular complexity index is 869. The Labute approximate surface area is 130 Å². The van der Waals surface area contributed by atoms with E-state index in [0.717, 1.165) is 10.8 Å². The van der Waals surface area contributed by atoms with Gasteiger partial charge in [-0.05, 0) is 33.2 Å². The summed E-state index contributed by atoms with van der Waals surface area (Å²) < 4.78 is 33.4. The molecule has 0 spiro atoms. The molecule has 1 saturated heterocycles. The summed E-state index contributed by atoms with van der Waals surface area (Å²) in [6.45, 7) is -0.916. The molecule has 0 bridgehead atoms. The molecular formula is C18H13F2NO2. The molecule has 1 atom stereocenters. The van der Waals surface area contributed by atoms with Crippen LogP contribution in [-0.2, 0) is 4.74 Å². The Hall–Kier alpha value is -2.69. The third-order valence-electron chi connectivity index (χ3n) is 4.18. The number of rotatable bonds is 1. The van der Waals surface area contributed by atoms with Gasteiger partial charge in [0.15, 0.2) is 6.61 Å². The number of nitrogens with one attached hydrogen (secondary N) is 1. The summed E-state index contributed by atoms with van der Waals surface area (Å²) in [6, 6.07) is 15.2. The van der Waals surface area contributed by atoms with Crippen molar-refractivity contribution in [2.75, 3.05) is 6.61 Å². The zero-order valence-electron chi connectivity index (χ0n) is 12.1. The second-order valence-electron chi connectivity index (χ2n) is 5.65. The number of fused-ring (bicyclic) bond motifs is 2. The van der Waals surface area contributed by atoms with Gasteiger partial charge in [0, 0.05) is 0 Å². The van der Waals surface area contributed by atoms with Crippen molar-refractivity contribution in [1.29, 1.82) is 0 Å². The zero-order valence-corrected chi connectivity index (χ0v) is 12.1. The summed E-state index contributed by atoms with van der Waals surface area (Å²) in [6.07, 6.45) is -0.821. The van der Waals surface area contributed by atoms with Gasteiger partial charge in [-0.3, -0.25) is 0 Å². The highest BCUT2D eigenvalue weighted by Gasteiger charge is 2.47. The van der Waals surface area contributed by atoms with Crippen LogP contribution in [0.3, 0.4) is 0 Å². The molecule has 1 heterocycles. The first-order chi connectivity index (χ1) is 11.1. The van der Waals surface area contributed by atoms with Gasteiger partial charge in [-0.25, -0.2) is 13.6 Å². The van der Waals surface area contributed by atoms with Gasteiger partial charge < -0.3 is 10.1 Å². The molecule has 0 radical (unpaired) electrons. The smallest absolute Gasteiger partial charge is 0.408 e. The Morgan fingerprint density at radius 1 is 1.00 bits per heavy atom. The van der Waals surface area contributed by atoms with Crippen LogP contribution in [0.4, 0.5) is 13.6 Å². The summed E-state index contributed by atoms with van der Waals surface area (Å²) in [5, 5.41) is 5.43. The van der Waals surface area contributed by atoms with Crippen molar-refractivity contribution < 1.29 is 18.3 Å². The van der Waals surface area contributed by atoms with Gasteiger partial charge in [0.05, 0.1) is 0 Å². The summed E-state index contributed by atoms with van der Waals surface area (Å²) in [7, 11) is 0. The van der Waals surface area contributed by atoms with Crippen molar-refractivity contribution in [2.24, 2.45) is 0 Å². The topological polar surface area (TPSA) is 38.3 Å². The van der Waals surface area contributed by atoms with E-state index in [1.54, 1.807) is 24.3 Å². The predicted octanol–water partition coefficient (Wildman–Crippen LogP) is 4.41. The number of cyclic esters (lactones) is 1. The number of alkyl halides is 2. The quantitative estimate of drug-likeness (QED) is 0.676. The first-order valence-electron chi connectivity index (χ1n) is 7.28. The number of carbonyl (C=O) groups is 1. The Morgan fingerprint density at radius 3 is 2.17 bits per heavy atom. The lowest BCUT2D eigenvalue weighted by Gasteiger charge is -2.33. The minimum Gasteiger partial charge on any atom is -0.443 e. The van der Waals surface area contributed by atoms with Crippen LogP contribution in [0, 0.1) is 0 Å². The summed E-state index contributed by atoms with van der Waals surface area (Å²) in [5.74, 6) is -3.18. The lowest BCUT2D eigenvalue weighted by atomic mass is 9.89. The minimum absolute atomic E-state index is 0.431. The van der Waals surface area contributed by atoms with Gasteiger partial charge in [-0.2, -0.15) is 0 Å². The van der Waals surface area contributed by atoms with E-state index in [0.29, 0.717) is 16.3 Å². The van der Waals surface area contributed by atoms with Gasteiger partial charge in [-0.15, -0.1) is 0 Å². The molecule has 3 aromatic carbocycles. The van der Waals surface area contributed by atoms with Crippen molar-refractivity contribution in [3.8, 4) is 0 Å². The van der Waals surface area contributed by atoms with E-state index < -0.39 is 24.7 Å². The number of hydrogen-bond acceptors (Lipinski definition) is 2. The molecule has 0 aromatic heterocycles. The molecule has 1 amide bonds. The van der Waals surface area contributed by atoms with Crippen LogP contribution in [-0.4, -0.2) is 18.6 Å². The van der Waals surface area contributed by atoms with Gasteiger partial charge in [0.1, 0.15) is 6.04 Å². The lowest BCUT2D eigenvalue weighted by molar-refractivity contribution is -0.103. The van der Waals surface area contributed by atoms with E-state index in [-0.39, 0.29) is 0 Å². The van der Waals surface area contributed by atoms with Crippen LogP contribution in [0.1, 0.15) is 11.6 Å². The average Bonchev–Trinajstić information content (AvgIpc) is 2.55. The lowest BCUT2D eigenvalue weighted by Crippen LogP contribution is -2.49. The number of hydrogen-bond donors (Lipinski definition) is 1. The monoisotopic (exact) mass is 313 g/mol. The van der Waals surface area contributed by atoms with E-state index in [9.17, 15) is 13.6 Å². The molecule has 3 nitrogen and oxygen atoms in total. The molecule has 1 aliphatic heterocycles. The van der Waals surface area contributed by atoms with Crippen molar-refractivity contribution in [3.63, 3.8) is 0 Å². The normalized spacial score (nSPS) is 20.3. The van der Waals surface area contributed by atoms with Crippen LogP contribution in [0.25, 0.3) is 21.5 Å². The largest absolute Gasteiger partial charge is 0.443 e. The van der Waals surface area contributed by atoms with Gasteiger partial charge in [-0.1, -0.05) is 48.5 Å². The zero-order chi connectivity index (χ0) is 16.0. The molecule has 23 heavy (non-hydrogen) atoms. The first kappa shape index (κ1) is 13.9. The van der Waals surface area contributed by atoms with E-state index in [4.69, 9.17) is 0 Å². The summed E-state index contributed by atoms with van der Waals surface area (Å²) in [4.78, 5) is 11.5. The van der Waals surface area contributed by atoms with E-state index in [2.05, 4.69) is 10.1 Å². The van der Waals surface area contributed by atoms with Crippen molar-refractivity contribution in [1.82, 2.24) is 5.32 Å². The second-order valence-corrected chi connectivity index (χ2v) is 5.65. The fourth-order valence-corrected chi connectivity index (χ4v) is 3.15. The number of amides is 1. The Kier molecular flexibility index (Phi) is 2.98. The number of alkyl carbamates (subject to hydrolysis) is 1. The molecule has 1 fully saturated rings. The third-order valence-corrected chi connectivity index (χ3v) is 4.18. The van der Waals surface area contributed by atoms with E-state index in [1.165, 1.54) is 0 Å². The maximum absolute atomic E-state index is 14.4. The molecule has 1 N–H and O–H groups in total. The highest BCUT2D eigenvalue weighted by Crippen LogP contribution is 2.41. The highest BCUT2D eigenvalue weighted by molar-refractivity contribution is 6.03. The fourth-order valence-electron chi connectivity index (χ4n) is 3.15. The predicted molar refractivity (Wildman–Crippen MR) is 83.6 cm³/mol. The fraction of sp³-hybridized carbons (Fsp3) is 0.167. The van der Waals surface area contributed by atoms with E-state index in [1.807, 2.05) is 30.3 Å². The molecule has 0 saturated carbocycles. The van der Waals surface area contributed by atoms with Crippen LogP contribution in [0.2, 0.25) is 0 Å². The molecule has 0 unspecified atom stereocenters. The van der Waals surface area contributed by atoms with Crippen LogP contribution >= 0.6 is 0 Å². The standard InChI is InChI=1S/C18H13F2NO2/c19-18(20)10-23-17(22)21-16(18)15-13-7-3-1-5-11(13)9-12-6-2-4-8-14(12)15/h1-9,16H,10H2,(H,21,22)/t16-/m1/s1. The molecule has 0 aliphatic carbocycles. The third kappa shape index (κ3) is 2.20. The highest BCUT2D eigenvalue weighted by atomic mass is 19.3. The van der Waals surface area contributed by atoms with Gasteiger partial charge in [0.25, 0.3) is 0 Å². The molecular weight excluding hydrogens is 300 g/mol. The van der Waals surface area contributed by atoms with Crippen LogP contribution in [0.15, 0.2) is 54.6 Å². The molecule has 5 heteroatoms. The van der Waals surface area contributed by atoms with Crippen LogP contribution < -0.4 is 5.32 Å². The number of halogens is 2. The number of carbonyl (C=O) groups excluding carboxylic acids is 1.